The van der Waals surface area contributed by atoms with Gasteiger partial charge in [-0.15, -0.1) is 0 Å². The molecule has 0 amide bonds. The molecule has 0 aliphatic heterocycles. The molecule has 90 valence electrons. The molecule has 0 saturated carbocycles. The van der Waals surface area contributed by atoms with Crippen LogP contribution in [-0.4, -0.2) is 16.0 Å². The Kier molecular flexibility index (Phi) is 3.38. The maximum absolute atomic E-state index is 6.02. The highest BCUT2D eigenvalue weighted by Gasteiger charge is 2.19. The van der Waals surface area contributed by atoms with Crippen LogP contribution < -0.4 is 5.73 Å². The smallest absolute Gasteiger partial charge is 0.0890 e. The van der Waals surface area contributed by atoms with Crippen molar-refractivity contribution in [2.75, 3.05) is 0 Å². The van der Waals surface area contributed by atoms with E-state index in [4.69, 9.17) is 10.7 Å². The summed E-state index contributed by atoms with van der Waals surface area (Å²) in [6.45, 7) is 6.19. The fourth-order valence-corrected chi connectivity index (χ4v) is 2.27. The minimum absolute atomic E-state index is 0.106. The second kappa shape index (κ2) is 4.80. The van der Waals surface area contributed by atoms with Gasteiger partial charge in [0.25, 0.3) is 0 Å². The highest BCUT2D eigenvalue weighted by molar-refractivity contribution is 5.74. The lowest BCUT2D eigenvalue weighted by atomic mass is 9.93. The van der Waals surface area contributed by atoms with Crippen LogP contribution in [0.4, 0.5) is 0 Å². The van der Waals surface area contributed by atoms with E-state index in [-0.39, 0.29) is 12.0 Å². The standard InChI is InChI=1S/C14H19N3/c1-4-11(9(2)15)14-10(3)16-12-7-5-6-8-13(12)17-14/h5-9,11H,4,15H2,1-3H3. The Morgan fingerprint density at radius 1 is 1.18 bits per heavy atom. The van der Waals surface area contributed by atoms with Crippen LogP contribution in [0.1, 0.15) is 37.6 Å². The number of benzene rings is 1. The molecule has 3 heteroatoms. The van der Waals surface area contributed by atoms with Gasteiger partial charge in [0.15, 0.2) is 0 Å². The van der Waals surface area contributed by atoms with E-state index in [1.54, 1.807) is 0 Å². The van der Waals surface area contributed by atoms with Crippen molar-refractivity contribution in [2.45, 2.75) is 39.2 Å². The molecule has 2 aromatic rings. The first-order chi connectivity index (χ1) is 8.13. The van der Waals surface area contributed by atoms with E-state index in [9.17, 15) is 0 Å². The number of fused-ring (bicyclic) bond motifs is 1. The molecule has 2 N–H and O–H groups in total. The van der Waals surface area contributed by atoms with Crippen molar-refractivity contribution < 1.29 is 0 Å². The molecule has 0 saturated heterocycles. The summed E-state index contributed by atoms with van der Waals surface area (Å²) in [4.78, 5) is 9.33. The van der Waals surface area contributed by atoms with Crippen molar-refractivity contribution in [1.29, 1.82) is 0 Å². The molecule has 2 unspecified atom stereocenters. The van der Waals surface area contributed by atoms with E-state index in [0.717, 1.165) is 28.8 Å². The number of para-hydroxylation sites is 2. The van der Waals surface area contributed by atoms with E-state index < -0.39 is 0 Å². The molecule has 0 radical (unpaired) electrons. The van der Waals surface area contributed by atoms with Crippen LogP contribution in [-0.2, 0) is 0 Å². The molecule has 0 aliphatic carbocycles. The zero-order valence-corrected chi connectivity index (χ0v) is 10.6. The third-order valence-corrected chi connectivity index (χ3v) is 3.21. The van der Waals surface area contributed by atoms with Crippen molar-refractivity contribution in [3.8, 4) is 0 Å². The van der Waals surface area contributed by atoms with Crippen molar-refractivity contribution >= 4 is 11.0 Å². The normalized spacial score (nSPS) is 14.8. The quantitative estimate of drug-likeness (QED) is 0.880. The van der Waals surface area contributed by atoms with Crippen molar-refractivity contribution in [3.63, 3.8) is 0 Å². The van der Waals surface area contributed by atoms with Crippen LogP contribution in [0.25, 0.3) is 11.0 Å². The second-order valence-electron chi connectivity index (χ2n) is 4.56. The fourth-order valence-electron chi connectivity index (χ4n) is 2.27. The van der Waals surface area contributed by atoms with Gasteiger partial charge in [-0.3, -0.25) is 0 Å². The van der Waals surface area contributed by atoms with Gasteiger partial charge in [-0.25, -0.2) is 9.97 Å². The van der Waals surface area contributed by atoms with Crippen LogP contribution in [0.15, 0.2) is 24.3 Å². The minimum Gasteiger partial charge on any atom is -0.327 e. The summed E-state index contributed by atoms with van der Waals surface area (Å²) in [5.41, 5.74) is 9.96. The number of aryl methyl sites for hydroxylation is 1. The zero-order valence-electron chi connectivity index (χ0n) is 10.6. The summed E-state index contributed by atoms with van der Waals surface area (Å²) in [5, 5.41) is 0. The van der Waals surface area contributed by atoms with Gasteiger partial charge in [-0.1, -0.05) is 19.1 Å². The Morgan fingerprint density at radius 2 is 1.76 bits per heavy atom. The van der Waals surface area contributed by atoms with E-state index >= 15 is 0 Å². The molecule has 0 spiro atoms. The first-order valence-corrected chi connectivity index (χ1v) is 6.12. The van der Waals surface area contributed by atoms with Gasteiger partial charge in [-0.2, -0.15) is 0 Å². The lowest BCUT2D eigenvalue weighted by Crippen LogP contribution is -2.26. The summed E-state index contributed by atoms with van der Waals surface area (Å²) in [5.74, 6) is 0.284. The Bertz CT molecular complexity index is 520. The van der Waals surface area contributed by atoms with Gasteiger partial charge in [0, 0.05) is 12.0 Å². The van der Waals surface area contributed by atoms with E-state index in [0.29, 0.717) is 0 Å². The summed E-state index contributed by atoms with van der Waals surface area (Å²) in [6.07, 6.45) is 0.992. The first kappa shape index (κ1) is 12.0. The molecule has 0 fully saturated rings. The van der Waals surface area contributed by atoms with Crippen LogP contribution in [0.3, 0.4) is 0 Å². The van der Waals surface area contributed by atoms with Gasteiger partial charge in [0.05, 0.1) is 22.4 Å². The molecule has 2 rings (SSSR count). The number of rotatable bonds is 3. The maximum atomic E-state index is 6.02. The summed E-state index contributed by atoms with van der Waals surface area (Å²) < 4.78 is 0. The monoisotopic (exact) mass is 229 g/mol. The third-order valence-electron chi connectivity index (χ3n) is 3.21. The van der Waals surface area contributed by atoms with Crippen molar-refractivity contribution in [2.24, 2.45) is 5.73 Å². The summed E-state index contributed by atoms with van der Waals surface area (Å²) >= 11 is 0. The van der Waals surface area contributed by atoms with Gasteiger partial charge in [-0.05, 0) is 32.4 Å². The molecular weight excluding hydrogens is 210 g/mol. The molecule has 2 atom stereocenters. The maximum Gasteiger partial charge on any atom is 0.0890 e. The van der Waals surface area contributed by atoms with E-state index in [2.05, 4.69) is 11.9 Å². The highest BCUT2D eigenvalue weighted by Crippen LogP contribution is 2.24. The number of nitrogens with zero attached hydrogens (tertiary/aromatic N) is 2. The van der Waals surface area contributed by atoms with Crippen LogP contribution in [0.2, 0.25) is 0 Å². The van der Waals surface area contributed by atoms with Crippen molar-refractivity contribution in [3.05, 3.63) is 35.7 Å². The van der Waals surface area contributed by atoms with Gasteiger partial charge < -0.3 is 5.73 Å². The third kappa shape index (κ3) is 2.29. The number of nitrogens with two attached hydrogens (primary N) is 1. The molecule has 17 heavy (non-hydrogen) atoms. The molecule has 0 bridgehead atoms. The van der Waals surface area contributed by atoms with E-state index in [1.807, 2.05) is 38.1 Å². The Hall–Kier alpha value is -1.48. The fraction of sp³-hybridized carbons (Fsp3) is 0.429. The topological polar surface area (TPSA) is 51.8 Å². The predicted octanol–water partition coefficient (Wildman–Crippen LogP) is 2.78. The first-order valence-electron chi connectivity index (χ1n) is 6.12. The van der Waals surface area contributed by atoms with E-state index in [1.165, 1.54) is 0 Å². The van der Waals surface area contributed by atoms with Crippen molar-refractivity contribution in [1.82, 2.24) is 9.97 Å². The number of aromatic nitrogens is 2. The molecular formula is C14H19N3. The zero-order chi connectivity index (χ0) is 12.4. The average molecular weight is 229 g/mol. The SMILES string of the molecule is CCC(c1nc2ccccc2nc1C)C(C)N. The Balaban J connectivity index is 2.57. The summed E-state index contributed by atoms with van der Waals surface area (Å²) in [6, 6.07) is 8.07. The van der Waals surface area contributed by atoms with Gasteiger partial charge >= 0.3 is 0 Å². The average Bonchev–Trinajstić information content (AvgIpc) is 2.30. The molecule has 1 aromatic heterocycles. The molecule has 3 nitrogen and oxygen atoms in total. The molecule has 1 aromatic carbocycles. The number of hydrogen-bond acceptors (Lipinski definition) is 3. The van der Waals surface area contributed by atoms with Gasteiger partial charge in [0.1, 0.15) is 0 Å². The lowest BCUT2D eigenvalue weighted by molar-refractivity contribution is 0.536. The molecule has 1 heterocycles. The largest absolute Gasteiger partial charge is 0.327 e. The predicted molar refractivity (Wildman–Crippen MR) is 71.0 cm³/mol. The minimum atomic E-state index is 0.106. The summed E-state index contributed by atoms with van der Waals surface area (Å²) in [7, 11) is 0. The second-order valence-corrected chi connectivity index (χ2v) is 4.56. The highest BCUT2D eigenvalue weighted by atomic mass is 14.8. The lowest BCUT2D eigenvalue weighted by Gasteiger charge is -2.20. The van der Waals surface area contributed by atoms with Crippen LogP contribution >= 0.6 is 0 Å². The van der Waals surface area contributed by atoms with Crippen LogP contribution in [0, 0.1) is 6.92 Å². The number of hydrogen-bond donors (Lipinski definition) is 1. The van der Waals surface area contributed by atoms with Gasteiger partial charge in [0.2, 0.25) is 0 Å². The Morgan fingerprint density at radius 3 is 2.29 bits per heavy atom. The molecule has 0 aliphatic rings. The Labute approximate surface area is 102 Å². The van der Waals surface area contributed by atoms with Crippen LogP contribution in [0.5, 0.6) is 0 Å².